The predicted molar refractivity (Wildman–Crippen MR) is 99.8 cm³/mol. The molecular weight excluding hydrogens is 350 g/mol. The summed E-state index contributed by atoms with van der Waals surface area (Å²) in [5, 5.41) is 6.10. The highest BCUT2D eigenvalue weighted by Crippen LogP contribution is 2.36. The van der Waals surface area contributed by atoms with Crippen LogP contribution in [0.1, 0.15) is 23.8 Å². The molecule has 1 saturated heterocycles. The van der Waals surface area contributed by atoms with Gasteiger partial charge in [0.05, 0.1) is 25.6 Å². The molecule has 0 N–H and O–H groups in total. The molecule has 1 aliphatic heterocycles. The van der Waals surface area contributed by atoms with E-state index in [1.165, 1.54) is 5.56 Å². The summed E-state index contributed by atoms with van der Waals surface area (Å²) in [4.78, 5) is 7.89. The number of methoxy groups -OCH3 is 2. The first-order valence-corrected chi connectivity index (χ1v) is 9.45. The molecule has 0 radical (unpaired) electrons. The molecule has 2 aromatic heterocycles. The van der Waals surface area contributed by atoms with Gasteiger partial charge in [-0.05, 0) is 42.6 Å². The van der Waals surface area contributed by atoms with Gasteiger partial charge in [-0.2, -0.15) is 4.98 Å². The highest BCUT2D eigenvalue weighted by atomic mass is 32.1. The molecule has 1 atom stereocenters. The summed E-state index contributed by atoms with van der Waals surface area (Å²) < 4.78 is 16.3. The molecule has 1 unspecified atom stereocenters. The molecular formula is C19H21N3O3S. The number of benzene rings is 1. The van der Waals surface area contributed by atoms with Crippen molar-refractivity contribution in [3.05, 3.63) is 47.2 Å². The van der Waals surface area contributed by atoms with E-state index in [9.17, 15) is 0 Å². The Kier molecular flexibility index (Phi) is 4.90. The minimum Gasteiger partial charge on any atom is -0.497 e. The maximum Gasteiger partial charge on any atom is 0.241 e. The normalized spacial score (nSPS) is 17.5. The summed E-state index contributed by atoms with van der Waals surface area (Å²) >= 11 is 1.61. The van der Waals surface area contributed by atoms with Crippen molar-refractivity contribution in [2.75, 3.05) is 27.3 Å². The number of aromatic nitrogens is 2. The van der Waals surface area contributed by atoms with Gasteiger partial charge < -0.3 is 14.0 Å². The molecule has 136 valence electrons. The lowest BCUT2D eigenvalue weighted by molar-refractivity contribution is 0.265. The van der Waals surface area contributed by atoms with Crippen molar-refractivity contribution in [3.8, 4) is 22.2 Å². The quantitative estimate of drug-likeness (QED) is 0.657. The van der Waals surface area contributed by atoms with Crippen molar-refractivity contribution in [1.82, 2.24) is 15.0 Å². The van der Waals surface area contributed by atoms with E-state index in [1.54, 1.807) is 25.6 Å². The maximum atomic E-state index is 5.54. The third-order valence-electron chi connectivity index (χ3n) is 4.72. The fourth-order valence-electron chi connectivity index (χ4n) is 3.40. The van der Waals surface area contributed by atoms with E-state index >= 15 is 0 Å². The summed E-state index contributed by atoms with van der Waals surface area (Å²) in [7, 11) is 3.40. The van der Waals surface area contributed by atoms with Gasteiger partial charge in [-0.15, -0.1) is 11.3 Å². The Balaban J connectivity index is 1.44. The van der Waals surface area contributed by atoms with E-state index in [0.29, 0.717) is 24.2 Å². The van der Waals surface area contributed by atoms with Crippen molar-refractivity contribution < 1.29 is 14.0 Å². The Hall–Kier alpha value is -2.38. The summed E-state index contributed by atoms with van der Waals surface area (Å²) in [6.45, 7) is 2.59. The second-order valence-corrected chi connectivity index (χ2v) is 7.27. The minimum absolute atomic E-state index is 0.403. The first-order valence-electron chi connectivity index (χ1n) is 8.57. The van der Waals surface area contributed by atoms with E-state index < -0.39 is 0 Å². The van der Waals surface area contributed by atoms with Crippen LogP contribution in [0.15, 0.2) is 40.2 Å². The van der Waals surface area contributed by atoms with Crippen molar-refractivity contribution >= 4 is 11.3 Å². The molecule has 26 heavy (non-hydrogen) atoms. The van der Waals surface area contributed by atoms with Gasteiger partial charge in [0.2, 0.25) is 11.7 Å². The molecule has 0 aliphatic carbocycles. The molecule has 0 saturated carbocycles. The number of hydrogen-bond acceptors (Lipinski definition) is 7. The summed E-state index contributed by atoms with van der Waals surface area (Å²) in [6.07, 6.45) is 1.06. The van der Waals surface area contributed by atoms with Crippen LogP contribution in [0.5, 0.6) is 11.5 Å². The smallest absolute Gasteiger partial charge is 0.241 e. The molecule has 0 spiro atoms. The van der Waals surface area contributed by atoms with Gasteiger partial charge >= 0.3 is 0 Å². The third kappa shape index (κ3) is 3.45. The van der Waals surface area contributed by atoms with Crippen molar-refractivity contribution in [2.45, 2.75) is 18.9 Å². The van der Waals surface area contributed by atoms with E-state index in [4.69, 9.17) is 14.0 Å². The zero-order valence-electron chi connectivity index (χ0n) is 14.8. The molecule has 7 heteroatoms. The standard InChI is InChI=1S/C19H21N3O3S/c1-23-14-5-6-16(24-2)15(10-14)13-7-8-22(11-13)12-18-20-19(21-25-18)17-4-3-9-26-17/h3-6,9-10,13H,7-8,11-12H2,1-2H3. The van der Waals surface area contributed by atoms with Gasteiger partial charge in [-0.25, -0.2) is 0 Å². The number of nitrogens with zero attached hydrogens (tertiary/aromatic N) is 3. The summed E-state index contributed by atoms with van der Waals surface area (Å²) in [6, 6.07) is 9.97. The Morgan fingerprint density at radius 1 is 1.27 bits per heavy atom. The fraction of sp³-hybridized carbons (Fsp3) is 0.368. The number of thiophene rings is 1. The van der Waals surface area contributed by atoms with Gasteiger partial charge in [0, 0.05) is 18.0 Å². The highest BCUT2D eigenvalue weighted by molar-refractivity contribution is 7.13. The average Bonchev–Trinajstić information content (AvgIpc) is 3.42. The third-order valence-corrected chi connectivity index (χ3v) is 5.58. The monoisotopic (exact) mass is 371 g/mol. The molecule has 0 bridgehead atoms. The summed E-state index contributed by atoms with van der Waals surface area (Å²) in [5.74, 6) is 3.50. The van der Waals surface area contributed by atoms with E-state index in [-0.39, 0.29) is 0 Å². The zero-order chi connectivity index (χ0) is 17.9. The van der Waals surface area contributed by atoms with Crippen LogP contribution in [-0.4, -0.2) is 42.3 Å². The number of likely N-dealkylation sites (tertiary alicyclic amines) is 1. The lowest BCUT2D eigenvalue weighted by Gasteiger charge is -2.17. The first kappa shape index (κ1) is 17.1. The predicted octanol–water partition coefficient (Wildman–Crippen LogP) is 3.80. The molecule has 1 fully saturated rings. The lowest BCUT2D eigenvalue weighted by Crippen LogP contribution is -2.20. The molecule has 1 aliphatic rings. The number of hydrogen-bond donors (Lipinski definition) is 0. The van der Waals surface area contributed by atoms with Crippen LogP contribution in [0, 0.1) is 0 Å². The van der Waals surface area contributed by atoms with Crippen LogP contribution in [0.4, 0.5) is 0 Å². The van der Waals surface area contributed by atoms with Crippen molar-refractivity contribution in [3.63, 3.8) is 0 Å². The van der Waals surface area contributed by atoms with Gasteiger partial charge in [0.1, 0.15) is 11.5 Å². The van der Waals surface area contributed by atoms with Gasteiger partial charge in [-0.1, -0.05) is 11.2 Å². The van der Waals surface area contributed by atoms with Crippen molar-refractivity contribution in [1.29, 1.82) is 0 Å². The summed E-state index contributed by atoms with van der Waals surface area (Å²) in [5.41, 5.74) is 1.19. The topological polar surface area (TPSA) is 60.6 Å². The Morgan fingerprint density at radius 2 is 2.19 bits per heavy atom. The van der Waals surface area contributed by atoms with E-state index in [0.717, 1.165) is 35.9 Å². The fourth-order valence-corrected chi connectivity index (χ4v) is 4.05. The Bertz CT molecular complexity index is 863. The van der Waals surface area contributed by atoms with Gasteiger partial charge in [-0.3, -0.25) is 4.90 Å². The molecule has 0 amide bonds. The number of rotatable bonds is 6. The van der Waals surface area contributed by atoms with Crippen LogP contribution < -0.4 is 9.47 Å². The van der Waals surface area contributed by atoms with Crippen molar-refractivity contribution in [2.24, 2.45) is 0 Å². The second kappa shape index (κ2) is 7.47. The van der Waals surface area contributed by atoms with Crippen LogP contribution in [0.2, 0.25) is 0 Å². The second-order valence-electron chi connectivity index (χ2n) is 6.32. The first-order chi connectivity index (χ1) is 12.8. The van der Waals surface area contributed by atoms with Crippen LogP contribution >= 0.6 is 11.3 Å². The zero-order valence-corrected chi connectivity index (χ0v) is 15.7. The van der Waals surface area contributed by atoms with E-state index in [1.807, 2.05) is 29.6 Å². The van der Waals surface area contributed by atoms with Crippen LogP contribution in [-0.2, 0) is 6.54 Å². The van der Waals surface area contributed by atoms with Crippen LogP contribution in [0.25, 0.3) is 10.7 Å². The maximum absolute atomic E-state index is 5.54. The average molecular weight is 371 g/mol. The molecule has 4 rings (SSSR count). The molecule has 6 nitrogen and oxygen atoms in total. The van der Waals surface area contributed by atoms with Gasteiger partial charge in [0.15, 0.2) is 0 Å². The molecule has 3 aromatic rings. The Labute approximate surface area is 156 Å². The Morgan fingerprint density at radius 3 is 2.96 bits per heavy atom. The largest absolute Gasteiger partial charge is 0.497 e. The minimum atomic E-state index is 0.403. The van der Waals surface area contributed by atoms with Crippen LogP contribution in [0.3, 0.4) is 0 Å². The molecule has 3 heterocycles. The van der Waals surface area contributed by atoms with Gasteiger partial charge in [0.25, 0.3) is 0 Å². The molecule has 1 aromatic carbocycles. The lowest BCUT2D eigenvalue weighted by atomic mass is 9.97. The number of ether oxygens (including phenoxy) is 2. The SMILES string of the molecule is COc1ccc(OC)c(C2CCN(Cc3nc(-c4cccs4)no3)C2)c1. The van der Waals surface area contributed by atoms with E-state index in [2.05, 4.69) is 21.1 Å². The highest BCUT2D eigenvalue weighted by Gasteiger charge is 2.28.